The molecule has 0 atom stereocenters. The van der Waals surface area contributed by atoms with E-state index in [0.717, 1.165) is 17.2 Å². The number of anilines is 1. The van der Waals surface area contributed by atoms with Gasteiger partial charge in [0.05, 0.1) is 12.6 Å². The van der Waals surface area contributed by atoms with Crippen molar-refractivity contribution in [1.82, 2.24) is 4.98 Å². The van der Waals surface area contributed by atoms with Gasteiger partial charge in [-0.2, -0.15) is 0 Å². The number of aromatic nitrogens is 1. The zero-order valence-corrected chi connectivity index (χ0v) is 9.66. The predicted octanol–water partition coefficient (Wildman–Crippen LogP) is 2.31. The van der Waals surface area contributed by atoms with Crippen LogP contribution < -0.4 is 15.2 Å². The number of ether oxygens (including phenoxy) is 2. The van der Waals surface area contributed by atoms with Crippen LogP contribution in [0.2, 0.25) is 0 Å². The van der Waals surface area contributed by atoms with Crippen molar-refractivity contribution in [3.8, 4) is 11.5 Å². The molecule has 2 aromatic rings. The first-order valence-corrected chi connectivity index (χ1v) is 5.62. The van der Waals surface area contributed by atoms with Gasteiger partial charge in [-0.3, -0.25) is 0 Å². The number of hydrogen-bond donors (Lipinski definition) is 1. The molecular formula is C11H12N2O2S. The minimum absolute atomic E-state index is 0.377. The van der Waals surface area contributed by atoms with E-state index >= 15 is 0 Å². The lowest BCUT2D eigenvalue weighted by molar-refractivity contribution is 0.300. The molecule has 16 heavy (non-hydrogen) atoms. The van der Waals surface area contributed by atoms with E-state index in [2.05, 4.69) is 4.98 Å². The molecule has 4 nitrogen and oxygen atoms in total. The SMILES string of the molecule is COc1cccc(OCc2ncsc2N)c1. The maximum atomic E-state index is 5.71. The Labute approximate surface area is 97.6 Å². The molecule has 5 heteroatoms. The third kappa shape index (κ3) is 2.43. The van der Waals surface area contributed by atoms with Crippen LogP contribution in [0.25, 0.3) is 0 Å². The fourth-order valence-electron chi connectivity index (χ4n) is 1.23. The van der Waals surface area contributed by atoms with Gasteiger partial charge in [0.2, 0.25) is 0 Å². The molecule has 0 spiro atoms. The fourth-order valence-corrected chi connectivity index (χ4v) is 1.77. The van der Waals surface area contributed by atoms with Crippen molar-refractivity contribution in [2.24, 2.45) is 0 Å². The lowest BCUT2D eigenvalue weighted by Gasteiger charge is -2.06. The van der Waals surface area contributed by atoms with E-state index in [1.165, 1.54) is 11.3 Å². The maximum absolute atomic E-state index is 5.71. The van der Waals surface area contributed by atoms with Crippen molar-refractivity contribution in [2.45, 2.75) is 6.61 Å². The summed E-state index contributed by atoms with van der Waals surface area (Å²) in [5.74, 6) is 1.51. The second-order valence-electron chi connectivity index (χ2n) is 3.13. The number of nitrogen functional groups attached to an aromatic ring is 1. The van der Waals surface area contributed by atoms with E-state index in [9.17, 15) is 0 Å². The predicted molar refractivity (Wildman–Crippen MR) is 63.9 cm³/mol. The number of thiazole rings is 1. The molecule has 0 fully saturated rings. The highest BCUT2D eigenvalue weighted by molar-refractivity contribution is 7.13. The van der Waals surface area contributed by atoms with Crippen molar-refractivity contribution >= 4 is 16.3 Å². The molecule has 0 bridgehead atoms. The average Bonchev–Trinajstić information content (AvgIpc) is 2.72. The molecular weight excluding hydrogens is 224 g/mol. The highest BCUT2D eigenvalue weighted by Crippen LogP contribution is 2.21. The molecule has 1 heterocycles. The molecule has 2 rings (SSSR count). The van der Waals surface area contributed by atoms with Gasteiger partial charge in [-0.25, -0.2) is 4.98 Å². The second kappa shape index (κ2) is 4.85. The first-order chi connectivity index (χ1) is 7.79. The van der Waals surface area contributed by atoms with Gasteiger partial charge >= 0.3 is 0 Å². The van der Waals surface area contributed by atoms with E-state index in [4.69, 9.17) is 15.2 Å². The normalized spacial score (nSPS) is 10.1. The van der Waals surface area contributed by atoms with Crippen LogP contribution in [0.5, 0.6) is 11.5 Å². The first-order valence-electron chi connectivity index (χ1n) is 4.74. The lowest BCUT2D eigenvalue weighted by Crippen LogP contribution is -1.98. The van der Waals surface area contributed by atoms with Crippen LogP contribution in [0.4, 0.5) is 5.00 Å². The highest BCUT2D eigenvalue weighted by atomic mass is 32.1. The number of nitrogens with two attached hydrogens (primary N) is 1. The Morgan fingerprint density at radius 2 is 2.19 bits per heavy atom. The summed E-state index contributed by atoms with van der Waals surface area (Å²) in [6, 6.07) is 7.43. The maximum Gasteiger partial charge on any atom is 0.133 e. The van der Waals surface area contributed by atoms with Gasteiger partial charge in [0.15, 0.2) is 0 Å². The van der Waals surface area contributed by atoms with Crippen LogP contribution in [0.3, 0.4) is 0 Å². The Bertz CT molecular complexity index is 471. The number of nitrogens with zero attached hydrogens (tertiary/aromatic N) is 1. The topological polar surface area (TPSA) is 57.4 Å². The molecule has 0 aliphatic rings. The van der Waals surface area contributed by atoms with Crippen LogP contribution in [-0.2, 0) is 6.61 Å². The molecule has 0 radical (unpaired) electrons. The first kappa shape index (κ1) is 10.8. The van der Waals surface area contributed by atoms with Crippen LogP contribution >= 0.6 is 11.3 Å². The molecule has 0 saturated heterocycles. The Kier molecular flexibility index (Phi) is 3.26. The number of methoxy groups -OCH3 is 1. The van der Waals surface area contributed by atoms with Gasteiger partial charge in [0.1, 0.15) is 28.8 Å². The summed E-state index contributed by atoms with van der Waals surface area (Å²) >= 11 is 1.41. The third-order valence-corrected chi connectivity index (χ3v) is 2.79. The average molecular weight is 236 g/mol. The molecule has 0 unspecified atom stereocenters. The summed E-state index contributed by atoms with van der Waals surface area (Å²) in [5, 5.41) is 0.697. The van der Waals surface area contributed by atoms with E-state index in [1.807, 2.05) is 24.3 Å². The van der Waals surface area contributed by atoms with E-state index in [0.29, 0.717) is 11.6 Å². The summed E-state index contributed by atoms with van der Waals surface area (Å²) in [7, 11) is 1.62. The Hall–Kier alpha value is -1.75. The molecule has 0 saturated carbocycles. The van der Waals surface area contributed by atoms with Crippen LogP contribution in [0, 0.1) is 0 Å². The van der Waals surface area contributed by atoms with Gasteiger partial charge in [-0.15, -0.1) is 11.3 Å². The summed E-state index contributed by atoms with van der Waals surface area (Å²) in [6.07, 6.45) is 0. The molecule has 84 valence electrons. The summed E-state index contributed by atoms with van der Waals surface area (Å²) in [5.41, 5.74) is 8.19. The zero-order valence-electron chi connectivity index (χ0n) is 8.84. The molecule has 0 aliphatic heterocycles. The molecule has 1 aromatic heterocycles. The Morgan fingerprint density at radius 3 is 2.88 bits per heavy atom. The molecule has 0 aliphatic carbocycles. The quantitative estimate of drug-likeness (QED) is 0.885. The van der Waals surface area contributed by atoms with Gasteiger partial charge in [0.25, 0.3) is 0 Å². The van der Waals surface area contributed by atoms with Crippen molar-refractivity contribution in [3.05, 3.63) is 35.5 Å². The summed E-state index contributed by atoms with van der Waals surface area (Å²) < 4.78 is 10.7. The number of benzene rings is 1. The Morgan fingerprint density at radius 1 is 1.38 bits per heavy atom. The fraction of sp³-hybridized carbons (Fsp3) is 0.182. The monoisotopic (exact) mass is 236 g/mol. The number of hydrogen-bond acceptors (Lipinski definition) is 5. The van der Waals surface area contributed by atoms with Crippen LogP contribution in [0.15, 0.2) is 29.8 Å². The van der Waals surface area contributed by atoms with Crippen LogP contribution in [0.1, 0.15) is 5.69 Å². The minimum Gasteiger partial charge on any atom is -0.497 e. The van der Waals surface area contributed by atoms with Crippen molar-refractivity contribution < 1.29 is 9.47 Å². The lowest BCUT2D eigenvalue weighted by atomic mass is 10.3. The standard InChI is InChI=1S/C11H12N2O2S/c1-14-8-3-2-4-9(5-8)15-6-10-11(12)16-7-13-10/h2-5,7H,6,12H2,1H3. The molecule has 1 aromatic carbocycles. The summed E-state index contributed by atoms with van der Waals surface area (Å²) in [4.78, 5) is 4.11. The van der Waals surface area contributed by atoms with E-state index < -0.39 is 0 Å². The third-order valence-electron chi connectivity index (χ3n) is 2.09. The van der Waals surface area contributed by atoms with Gasteiger partial charge < -0.3 is 15.2 Å². The van der Waals surface area contributed by atoms with Gasteiger partial charge in [-0.1, -0.05) is 6.07 Å². The van der Waals surface area contributed by atoms with E-state index in [-0.39, 0.29) is 0 Å². The van der Waals surface area contributed by atoms with Gasteiger partial charge in [-0.05, 0) is 12.1 Å². The van der Waals surface area contributed by atoms with Crippen molar-refractivity contribution in [3.63, 3.8) is 0 Å². The Balaban J connectivity index is 2.02. The smallest absolute Gasteiger partial charge is 0.133 e. The van der Waals surface area contributed by atoms with Crippen molar-refractivity contribution in [1.29, 1.82) is 0 Å². The zero-order chi connectivity index (χ0) is 11.4. The molecule has 0 amide bonds. The highest BCUT2D eigenvalue weighted by Gasteiger charge is 2.03. The number of rotatable bonds is 4. The molecule has 2 N–H and O–H groups in total. The minimum atomic E-state index is 0.377. The van der Waals surface area contributed by atoms with Gasteiger partial charge in [0, 0.05) is 6.07 Å². The van der Waals surface area contributed by atoms with Crippen LogP contribution in [-0.4, -0.2) is 12.1 Å². The second-order valence-corrected chi connectivity index (χ2v) is 4.02. The van der Waals surface area contributed by atoms with Crippen molar-refractivity contribution in [2.75, 3.05) is 12.8 Å². The largest absolute Gasteiger partial charge is 0.497 e. The van der Waals surface area contributed by atoms with E-state index in [1.54, 1.807) is 12.6 Å². The summed E-state index contributed by atoms with van der Waals surface area (Å²) in [6.45, 7) is 0.377.